The van der Waals surface area contributed by atoms with Crippen LogP contribution in [0.2, 0.25) is 0 Å². The predicted octanol–water partition coefficient (Wildman–Crippen LogP) is 4.12. The van der Waals surface area contributed by atoms with Crippen LogP contribution in [-0.2, 0) is 35.8 Å². The second kappa shape index (κ2) is 14.9. The van der Waals surface area contributed by atoms with Gasteiger partial charge in [-0.3, -0.25) is 9.59 Å². The summed E-state index contributed by atoms with van der Waals surface area (Å²) in [5.41, 5.74) is 1.31. The smallest absolute Gasteiger partial charge is 0.302 e. The second-order valence-electron chi connectivity index (χ2n) is 15.2. The Labute approximate surface area is 335 Å². The molecule has 0 spiro atoms. The summed E-state index contributed by atoms with van der Waals surface area (Å²) in [5, 5.41) is 8.29. The number of imidazole rings is 1. The number of halogens is 3. The van der Waals surface area contributed by atoms with Crippen LogP contribution >= 0.6 is 0 Å². The van der Waals surface area contributed by atoms with Gasteiger partial charge in [0.05, 0.1) is 54.2 Å². The van der Waals surface area contributed by atoms with Gasteiger partial charge in [0.2, 0.25) is 11.9 Å². The van der Waals surface area contributed by atoms with Crippen LogP contribution in [0, 0.1) is 24.4 Å². The highest BCUT2D eigenvalue weighted by atomic mass is 19.1. The molecule has 3 aliphatic heterocycles. The van der Waals surface area contributed by atoms with Gasteiger partial charge in [0.1, 0.15) is 52.9 Å². The van der Waals surface area contributed by atoms with Gasteiger partial charge in [-0.2, -0.15) is 5.10 Å². The third-order valence-corrected chi connectivity index (χ3v) is 11.1. The van der Waals surface area contributed by atoms with Gasteiger partial charge in [-0.05, 0) is 44.5 Å². The zero-order valence-corrected chi connectivity index (χ0v) is 32.7. The molecule has 1 amide bonds. The van der Waals surface area contributed by atoms with Gasteiger partial charge < -0.3 is 33.9 Å². The summed E-state index contributed by atoms with van der Waals surface area (Å²) in [6.07, 6.45) is 2.87. The minimum Gasteiger partial charge on any atom is -0.465 e. The van der Waals surface area contributed by atoms with Gasteiger partial charge in [-0.25, -0.2) is 42.8 Å². The lowest BCUT2D eigenvalue weighted by atomic mass is 9.85. The maximum Gasteiger partial charge on any atom is 0.302 e. The van der Waals surface area contributed by atoms with Crippen LogP contribution in [0.5, 0.6) is 0 Å². The van der Waals surface area contributed by atoms with Gasteiger partial charge in [-0.15, -0.1) is 0 Å². The predicted molar refractivity (Wildman–Crippen MR) is 207 cm³/mol. The van der Waals surface area contributed by atoms with Gasteiger partial charge in [0.25, 0.3) is 0 Å². The lowest BCUT2D eigenvalue weighted by molar-refractivity contribution is -0.152. The number of carbonyl (C=O) groups excluding carboxylic acids is 2. The average molecular weight is 812 g/mol. The van der Waals surface area contributed by atoms with E-state index in [9.17, 15) is 14.0 Å². The number of nitrogens with one attached hydrogen (secondary N) is 1. The fourth-order valence-corrected chi connectivity index (χ4v) is 8.23. The molecule has 7 heterocycles. The highest BCUT2D eigenvalue weighted by Crippen LogP contribution is 2.38. The number of benzene rings is 2. The number of anilines is 2. The highest BCUT2D eigenvalue weighted by Gasteiger charge is 2.47. The number of hydrogen-bond donors (Lipinski definition) is 1. The van der Waals surface area contributed by atoms with Gasteiger partial charge in [-0.1, -0.05) is 0 Å². The molecule has 2 saturated heterocycles. The Morgan fingerprint density at radius 3 is 2.61 bits per heavy atom. The van der Waals surface area contributed by atoms with Gasteiger partial charge >= 0.3 is 5.97 Å². The van der Waals surface area contributed by atoms with Crippen molar-refractivity contribution in [2.24, 2.45) is 0 Å². The lowest BCUT2D eigenvalue weighted by Crippen LogP contribution is -2.52. The monoisotopic (exact) mass is 811 g/mol. The summed E-state index contributed by atoms with van der Waals surface area (Å²) in [5.74, 6) is -1.37. The third-order valence-electron chi connectivity index (χ3n) is 11.1. The normalized spacial score (nSPS) is 20.3. The summed E-state index contributed by atoms with van der Waals surface area (Å²) in [4.78, 5) is 54.3. The summed E-state index contributed by atoms with van der Waals surface area (Å²) >= 11 is 0. The SMILES string of the molecule is CCO[C@H]1CN(C)C(=O)[C@@H]2C[C@@H](CN2c2nc(C3(COC(C)=O)COC3)nc3c2cnn3-c2ccc(F)cc2F)Nc2nccc(n2)-c2cc(F)cc3nc(C)n(c23)C1. The topological polar surface area (TPSA) is 168 Å². The Balaban J connectivity index is 1.19. The van der Waals surface area contributed by atoms with E-state index in [1.807, 2.05) is 23.3 Å². The fraction of sp³-hybridized carbons (Fsp3) is 0.400. The molecule has 6 aromatic rings. The fourth-order valence-electron chi connectivity index (χ4n) is 8.23. The van der Waals surface area contributed by atoms with Crippen LogP contribution in [0.15, 0.2) is 48.8 Å². The summed E-state index contributed by atoms with van der Waals surface area (Å²) in [7, 11) is 1.72. The molecule has 0 saturated carbocycles. The third kappa shape index (κ3) is 6.86. The molecule has 2 fully saturated rings. The number of fused-ring (bicyclic) bond motifs is 6. The first-order valence-corrected chi connectivity index (χ1v) is 19.2. The van der Waals surface area contributed by atoms with E-state index in [0.717, 1.165) is 12.1 Å². The molecule has 59 heavy (non-hydrogen) atoms. The number of nitrogens with zero attached hydrogens (tertiary/aromatic N) is 10. The quantitative estimate of drug-likeness (QED) is 0.229. The van der Waals surface area contributed by atoms with Crippen molar-refractivity contribution in [1.82, 2.24) is 44.2 Å². The van der Waals surface area contributed by atoms with E-state index in [1.165, 1.54) is 36.0 Å². The number of ether oxygens (including phenoxy) is 3. The number of esters is 1. The molecule has 306 valence electrons. The molecule has 19 heteroatoms. The Bertz CT molecular complexity index is 2630. The molecule has 3 aliphatic rings. The number of carbonyl (C=O) groups is 2. The molecular weight excluding hydrogens is 772 g/mol. The van der Waals surface area contributed by atoms with E-state index in [2.05, 4.69) is 20.4 Å². The highest BCUT2D eigenvalue weighted by molar-refractivity contribution is 5.94. The molecule has 0 unspecified atom stereocenters. The van der Waals surface area contributed by atoms with Crippen molar-refractivity contribution in [3.05, 3.63) is 77.9 Å². The number of amides is 1. The molecule has 9 rings (SSSR count). The zero-order valence-electron chi connectivity index (χ0n) is 32.7. The zero-order chi connectivity index (χ0) is 41.2. The molecule has 0 aliphatic carbocycles. The Kier molecular flexibility index (Phi) is 9.66. The van der Waals surface area contributed by atoms with Crippen LogP contribution in [-0.4, -0.2) is 121 Å². The number of hydrogen-bond acceptors (Lipinski definition) is 13. The summed E-state index contributed by atoms with van der Waals surface area (Å²) in [6.45, 7) is 6.28. The van der Waals surface area contributed by atoms with Crippen LogP contribution in [0.25, 0.3) is 39.0 Å². The van der Waals surface area contributed by atoms with Crippen molar-refractivity contribution >= 4 is 45.7 Å². The largest absolute Gasteiger partial charge is 0.465 e. The number of aryl methyl sites for hydroxylation is 1. The molecular formula is C40H40F3N11O5. The van der Waals surface area contributed by atoms with Crippen LogP contribution in [0.4, 0.5) is 24.9 Å². The van der Waals surface area contributed by atoms with Crippen LogP contribution < -0.4 is 10.2 Å². The Hall–Kier alpha value is -6.21. The van der Waals surface area contributed by atoms with Crippen molar-refractivity contribution in [2.75, 3.05) is 56.8 Å². The molecule has 2 aromatic carbocycles. The van der Waals surface area contributed by atoms with Crippen molar-refractivity contribution in [2.45, 2.75) is 57.3 Å². The number of aromatic nitrogens is 8. The first kappa shape index (κ1) is 38.3. The second-order valence-corrected chi connectivity index (χ2v) is 15.2. The molecule has 3 atom stereocenters. The Morgan fingerprint density at radius 2 is 1.86 bits per heavy atom. The standard InChI is InChI=1S/C40H40F3N11O5/c1-5-58-26-16-51(4)37(56)33-13-25(47-39-44-9-8-30(48-39)27-10-24(42)12-31-34(27)52(17-26)21(2)46-31)15-53(33)35-28-14-45-54(32-7-6-23(41)11-29(32)43)36(28)50-38(49-35)40(18-57-19-40)20-59-22(3)55/h6-12,14,25-26,33H,5,13,15-20H2,1-4H3,(H,44,47,48)/t25-,26-,33-/m0/s1. The molecule has 1 N–H and O–H groups in total. The lowest BCUT2D eigenvalue weighted by Gasteiger charge is -2.39. The Morgan fingerprint density at radius 1 is 1.03 bits per heavy atom. The first-order valence-electron chi connectivity index (χ1n) is 19.2. The number of rotatable bonds is 7. The van der Waals surface area contributed by atoms with E-state index in [1.54, 1.807) is 24.2 Å². The van der Waals surface area contributed by atoms with E-state index >= 15 is 8.78 Å². The van der Waals surface area contributed by atoms with Crippen molar-refractivity contribution in [1.29, 1.82) is 0 Å². The van der Waals surface area contributed by atoms with Crippen LogP contribution in [0.3, 0.4) is 0 Å². The van der Waals surface area contributed by atoms with Gasteiger partial charge in [0.15, 0.2) is 11.5 Å². The summed E-state index contributed by atoms with van der Waals surface area (Å²) < 4.78 is 65.1. The van der Waals surface area contributed by atoms with E-state index in [0.29, 0.717) is 52.5 Å². The maximum atomic E-state index is 15.4. The number of likely N-dealkylation sites (N-methyl/N-ethyl adjacent to an activating group) is 1. The molecule has 4 bridgehead atoms. The maximum absolute atomic E-state index is 15.4. The van der Waals surface area contributed by atoms with Crippen LogP contribution in [0.1, 0.15) is 31.9 Å². The molecule has 0 radical (unpaired) electrons. The molecule has 4 aromatic heterocycles. The van der Waals surface area contributed by atoms with Crippen molar-refractivity contribution in [3.63, 3.8) is 0 Å². The average Bonchev–Trinajstić information content (AvgIpc) is 3.88. The van der Waals surface area contributed by atoms with Gasteiger partial charge in [0, 0.05) is 63.6 Å². The van der Waals surface area contributed by atoms with E-state index < -0.39 is 47.0 Å². The van der Waals surface area contributed by atoms with Crippen molar-refractivity contribution < 1.29 is 37.0 Å². The van der Waals surface area contributed by atoms with E-state index in [4.69, 9.17) is 29.2 Å². The minimum absolute atomic E-state index is 0.0588. The first-order chi connectivity index (χ1) is 28.4. The molecule has 16 nitrogen and oxygen atoms in total. The minimum atomic E-state index is -0.960. The van der Waals surface area contributed by atoms with E-state index in [-0.39, 0.29) is 68.3 Å². The summed E-state index contributed by atoms with van der Waals surface area (Å²) in [6, 6.07) is 6.45. The van der Waals surface area contributed by atoms with Crippen molar-refractivity contribution in [3.8, 4) is 16.9 Å².